The van der Waals surface area contributed by atoms with Gasteiger partial charge in [0.1, 0.15) is 0 Å². The van der Waals surface area contributed by atoms with Gasteiger partial charge in [0.05, 0.1) is 0 Å². The van der Waals surface area contributed by atoms with Gasteiger partial charge in [0.25, 0.3) is 0 Å². The minimum Gasteiger partial charge on any atom is -0.385 e. The molecule has 4 heteroatoms. The number of nitrogens with zero attached hydrogens (tertiary/aromatic N) is 1. The number of hydrogen-bond donors (Lipinski definition) is 1. The number of carbonyl (C=O) groups is 1. The van der Waals surface area contributed by atoms with Crippen molar-refractivity contribution in [2.45, 2.75) is 26.2 Å². The van der Waals surface area contributed by atoms with Crippen LogP contribution in [0.25, 0.3) is 0 Å². The lowest BCUT2D eigenvalue weighted by Crippen LogP contribution is -2.38. The lowest BCUT2D eigenvalue weighted by atomic mass is 9.99. The molecule has 0 saturated carbocycles. The number of anilines is 1. The molecule has 104 valence electrons. The summed E-state index contributed by atoms with van der Waals surface area (Å²) in [5, 5.41) is 3.97. The van der Waals surface area contributed by atoms with Gasteiger partial charge >= 0.3 is 0 Å². The summed E-state index contributed by atoms with van der Waals surface area (Å²) in [7, 11) is 0. The van der Waals surface area contributed by atoms with E-state index in [0.29, 0.717) is 13.0 Å². The molecule has 1 aliphatic rings. The Morgan fingerprint density at radius 1 is 1.32 bits per heavy atom. The van der Waals surface area contributed by atoms with E-state index in [1.807, 2.05) is 29.2 Å². The van der Waals surface area contributed by atoms with Gasteiger partial charge in [-0.1, -0.05) is 18.5 Å². The Morgan fingerprint density at radius 3 is 2.58 bits per heavy atom. The zero-order valence-corrected chi connectivity index (χ0v) is 12.1. The van der Waals surface area contributed by atoms with Crippen molar-refractivity contribution in [2.24, 2.45) is 5.92 Å². The molecule has 1 heterocycles. The van der Waals surface area contributed by atoms with Gasteiger partial charge in [-0.2, -0.15) is 0 Å². The highest BCUT2D eigenvalue weighted by Gasteiger charge is 2.19. The monoisotopic (exact) mass is 280 g/mol. The van der Waals surface area contributed by atoms with Crippen molar-refractivity contribution >= 4 is 23.2 Å². The molecule has 0 bridgehead atoms. The maximum absolute atomic E-state index is 12.0. The van der Waals surface area contributed by atoms with Gasteiger partial charge in [-0.15, -0.1) is 0 Å². The van der Waals surface area contributed by atoms with Crippen LogP contribution in [0.5, 0.6) is 0 Å². The third kappa shape index (κ3) is 4.43. The van der Waals surface area contributed by atoms with Crippen LogP contribution in [0.4, 0.5) is 5.69 Å². The summed E-state index contributed by atoms with van der Waals surface area (Å²) in [6.45, 7) is 4.76. The van der Waals surface area contributed by atoms with Crippen molar-refractivity contribution < 1.29 is 4.79 Å². The Labute approximate surface area is 119 Å². The van der Waals surface area contributed by atoms with E-state index in [4.69, 9.17) is 11.6 Å². The van der Waals surface area contributed by atoms with E-state index in [1.165, 1.54) is 0 Å². The summed E-state index contributed by atoms with van der Waals surface area (Å²) in [6.07, 6.45) is 2.82. The molecule has 1 saturated heterocycles. The van der Waals surface area contributed by atoms with Crippen LogP contribution in [0.15, 0.2) is 24.3 Å². The lowest BCUT2D eigenvalue weighted by Gasteiger charge is -2.30. The average molecular weight is 281 g/mol. The molecule has 1 amide bonds. The molecule has 0 radical (unpaired) electrons. The van der Waals surface area contributed by atoms with Gasteiger partial charge in [0.15, 0.2) is 0 Å². The minimum atomic E-state index is 0.258. The Bertz CT molecular complexity index is 411. The van der Waals surface area contributed by atoms with Gasteiger partial charge in [0, 0.05) is 36.8 Å². The van der Waals surface area contributed by atoms with Crippen molar-refractivity contribution in [1.29, 1.82) is 0 Å². The van der Waals surface area contributed by atoms with Crippen molar-refractivity contribution in [2.75, 3.05) is 25.0 Å². The second-order valence-corrected chi connectivity index (χ2v) is 5.68. The van der Waals surface area contributed by atoms with Crippen LogP contribution in [0.1, 0.15) is 26.2 Å². The molecule has 1 N–H and O–H groups in total. The van der Waals surface area contributed by atoms with Crippen molar-refractivity contribution in [3.05, 3.63) is 29.3 Å². The summed E-state index contributed by atoms with van der Waals surface area (Å²) < 4.78 is 0. The topological polar surface area (TPSA) is 32.3 Å². The number of hydrogen-bond acceptors (Lipinski definition) is 2. The third-order valence-corrected chi connectivity index (χ3v) is 3.90. The first kappa shape index (κ1) is 14.2. The molecule has 3 nitrogen and oxygen atoms in total. The first-order valence-corrected chi connectivity index (χ1v) is 7.30. The SMILES string of the molecule is CC1CCN(C(=O)CCNc2ccc(Cl)cc2)CC1. The number of piperidine rings is 1. The second kappa shape index (κ2) is 6.80. The molecule has 0 aliphatic carbocycles. The number of halogens is 1. The van der Waals surface area contributed by atoms with E-state index in [2.05, 4.69) is 12.2 Å². The van der Waals surface area contributed by atoms with Crippen LogP contribution in [0.3, 0.4) is 0 Å². The smallest absolute Gasteiger partial charge is 0.224 e. The van der Waals surface area contributed by atoms with Gasteiger partial charge in [0.2, 0.25) is 5.91 Å². The Kier molecular flexibility index (Phi) is 5.08. The first-order valence-electron chi connectivity index (χ1n) is 6.92. The highest BCUT2D eigenvalue weighted by molar-refractivity contribution is 6.30. The zero-order valence-electron chi connectivity index (χ0n) is 11.4. The molecule has 2 rings (SSSR count). The Hall–Kier alpha value is -1.22. The largest absolute Gasteiger partial charge is 0.385 e. The maximum atomic E-state index is 12.0. The van der Waals surface area contributed by atoms with E-state index < -0.39 is 0 Å². The summed E-state index contributed by atoms with van der Waals surface area (Å²) in [4.78, 5) is 14.0. The summed E-state index contributed by atoms with van der Waals surface area (Å²) in [5.74, 6) is 1.02. The first-order chi connectivity index (χ1) is 9.15. The summed E-state index contributed by atoms with van der Waals surface area (Å²) >= 11 is 5.82. The molecule has 0 aromatic heterocycles. The van der Waals surface area contributed by atoms with Gasteiger partial charge in [-0.05, 0) is 43.0 Å². The van der Waals surface area contributed by atoms with E-state index >= 15 is 0 Å². The maximum Gasteiger partial charge on any atom is 0.224 e. The predicted molar refractivity (Wildman–Crippen MR) is 79.5 cm³/mol. The molecular weight excluding hydrogens is 260 g/mol. The van der Waals surface area contributed by atoms with Crippen LogP contribution < -0.4 is 5.32 Å². The number of carbonyl (C=O) groups excluding carboxylic acids is 1. The number of benzene rings is 1. The van der Waals surface area contributed by atoms with Gasteiger partial charge in [-0.25, -0.2) is 0 Å². The van der Waals surface area contributed by atoms with E-state index in [-0.39, 0.29) is 5.91 Å². The zero-order chi connectivity index (χ0) is 13.7. The molecule has 19 heavy (non-hydrogen) atoms. The van der Waals surface area contributed by atoms with E-state index in [9.17, 15) is 4.79 Å². The molecule has 0 spiro atoms. The van der Waals surface area contributed by atoms with E-state index in [0.717, 1.165) is 42.6 Å². The van der Waals surface area contributed by atoms with Crippen LogP contribution in [-0.4, -0.2) is 30.4 Å². The van der Waals surface area contributed by atoms with Crippen LogP contribution in [0, 0.1) is 5.92 Å². The second-order valence-electron chi connectivity index (χ2n) is 5.25. The van der Waals surface area contributed by atoms with Gasteiger partial charge < -0.3 is 10.2 Å². The number of rotatable bonds is 4. The Morgan fingerprint density at radius 2 is 1.95 bits per heavy atom. The van der Waals surface area contributed by atoms with Crippen LogP contribution >= 0.6 is 11.6 Å². The fourth-order valence-corrected chi connectivity index (χ4v) is 2.42. The predicted octanol–water partition coefficient (Wildman–Crippen LogP) is 3.40. The summed E-state index contributed by atoms with van der Waals surface area (Å²) in [6, 6.07) is 7.54. The van der Waals surface area contributed by atoms with Crippen LogP contribution in [0.2, 0.25) is 5.02 Å². The highest BCUT2D eigenvalue weighted by atomic mass is 35.5. The number of likely N-dealkylation sites (tertiary alicyclic amines) is 1. The standard InChI is InChI=1S/C15H21ClN2O/c1-12-7-10-18(11-8-12)15(19)6-9-17-14-4-2-13(16)3-5-14/h2-5,12,17H,6-11H2,1H3. The normalized spacial score (nSPS) is 16.4. The van der Waals surface area contributed by atoms with Gasteiger partial charge in [-0.3, -0.25) is 4.79 Å². The summed E-state index contributed by atoms with van der Waals surface area (Å²) in [5.41, 5.74) is 1.00. The van der Waals surface area contributed by atoms with Crippen molar-refractivity contribution in [3.63, 3.8) is 0 Å². The molecule has 1 aromatic carbocycles. The molecule has 0 unspecified atom stereocenters. The fourth-order valence-electron chi connectivity index (χ4n) is 2.30. The third-order valence-electron chi connectivity index (χ3n) is 3.65. The lowest BCUT2D eigenvalue weighted by molar-refractivity contribution is -0.132. The average Bonchev–Trinajstić information content (AvgIpc) is 2.41. The number of amides is 1. The van der Waals surface area contributed by atoms with Crippen molar-refractivity contribution in [1.82, 2.24) is 4.90 Å². The molecular formula is C15H21ClN2O. The molecule has 1 aromatic rings. The molecule has 1 aliphatic heterocycles. The minimum absolute atomic E-state index is 0.258. The fraction of sp³-hybridized carbons (Fsp3) is 0.533. The van der Waals surface area contributed by atoms with Crippen LogP contribution in [-0.2, 0) is 4.79 Å². The highest BCUT2D eigenvalue weighted by Crippen LogP contribution is 2.17. The number of nitrogens with one attached hydrogen (secondary N) is 1. The van der Waals surface area contributed by atoms with E-state index in [1.54, 1.807) is 0 Å². The Balaban J connectivity index is 1.70. The van der Waals surface area contributed by atoms with Crippen molar-refractivity contribution in [3.8, 4) is 0 Å². The quantitative estimate of drug-likeness (QED) is 0.917. The molecule has 1 fully saturated rings. The molecule has 0 atom stereocenters.